The molecule has 0 atom stereocenters. The maximum Gasteiger partial charge on any atom is 0.340 e. The summed E-state index contributed by atoms with van der Waals surface area (Å²) >= 11 is 0. The Bertz CT molecular complexity index is 306. The Balaban J connectivity index is 4.58. The summed E-state index contributed by atoms with van der Waals surface area (Å²) in [6, 6.07) is 0. The number of nitrogens with zero attached hydrogens (tertiary/aromatic N) is 1. The molecule has 0 saturated carbocycles. The number of ketones is 1. The van der Waals surface area contributed by atoms with Crippen LogP contribution in [0.25, 0.3) is 0 Å². The van der Waals surface area contributed by atoms with Gasteiger partial charge in [-0.1, -0.05) is 0 Å². The van der Waals surface area contributed by atoms with Crippen LogP contribution in [0.5, 0.6) is 0 Å². The monoisotopic (exact) mass is 215 g/mol. The van der Waals surface area contributed by atoms with Crippen LogP contribution in [0.2, 0.25) is 0 Å². The van der Waals surface area contributed by atoms with Crippen LogP contribution < -0.4 is 0 Å². The van der Waals surface area contributed by atoms with Gasteiger partial charge in [-0.05, 0) is 0 Å². The highest BCUT2D eigenvalue weighted by Gasteiger charge is 2.18. The van der Waals surface area contributed by atoms with E-state index in [0.29, 0.717) is 0 Å². The van der Waals surface area contributed by atoms with E-state index in [1.165, 1.54) is 4.90 Å². The molecule has 0 aromatic carbocycles. The van der Waals surface area contributed by atoms with Crippen LogP contribution in [0.15, 0.2) is 11.8 Å². The van der Waals surface area contributed by atoms with Crippen LogP contribution in [-0.2, 0) is 14.4 Å². The fourth-order valence-corrected chi connectivity index (χ4v) is 0.860. The summed E-state index contributed by atoms with van der Waals surface area (Å²) in [6.45, 7) is 0. The second kappa shape index (κ2) is 5.79. The van der Waals surface area contributed by atoms with Crippen molar-refractivity contribution in [1.82, 2.24) is 4.90 Å². The highest BCUT2D eigenvalue weighted by atomic mass is 16.4. The van der Waals surface area contributed by atoms with Gasteiger partial charge in [0.2, 0.25) is 0 Å². The van der Waals surface area contributed by atoms with Gasteiger partial charge in [0.1, 0.15) is 5.57 Å². The Morgan fingerprint density at radius 2 is 1.67 bits per heavy atom. The second-order valence-corrected chi connectivity index (χ2v) is 3.13. The molecule has 6 heteroatoms. The van der Waals surface area contributed by atoms with E-state index in [-0.39, 0.29) is 12.8 Å². The van der Waals surface area contributed by atoms with Gasteiger partial charge in [-0.25, -0.2) is 4.79 Å². The SMILES string of the molecule is CN(C)/C=C(/C(=O)O)C(=O)CCC(=O)O. The molecule has 0 radical (unpaired) electrons. The maximum absolute atomic E-state index is 11.3. The van der Waals surface area contributed by atoms with Gasteiger partial charge < -0.3 is 15.1 Å². The Morgan fingerprint density at radius 3 is 2.00 bits per heavy atom. The first-order valence-corrected chi connectivity index (χ1v) is 4.21. The molecule has 0 rings (SSSR count). The van der Waals surface area contributed by atoms with Gasteiger partial charge in [-0.15, -0.1) is 0 Å². The molecular formula is C9H13NO5. The van der Waals surface area contributed by atoms with Gasteiger partial charge in [0.05, 0.1) is 6.42 Å². The van der Waals surface area contributed by atoms with Crippen molar-refractivity contribution in [2.24, 2.45) is 0 Å². The molecular weight excluding hydrogens is 202 g/mol. The molecule has 15 heavy (non-hydrogen) atoms. The van der Waals surface area contributed by atoms with Gasteiger partial charge >= 0.3 is 11.9 Å². The molecule has 0 heterocycles. The zero-order chi connectivity index (χ0) is 12.0. The number of carboxylic acid groups (broad SMARTS) is 2. The molecule has 0 bridgehead atoms. The molecule has 0 aromatic rings. The number of Topliss-reactive ketones (excluding diaryl/α,β-unsaturated/α-hetero) is 1. The first-order chi connectivity index (χ1) is 6.84. The molecule has 0 saturated heterocycles. The van der Waals surface area contributed by atoms with Crippen LogP contribution in [0.1, 0.15) is 12.8 Å². The lowest BCUT2D eigenvalue weighted by Crippen LogP contribution is -2.17. The largest absolute Gasteiger partial charge is 0.481 e. The van der Waals surface area contributed by atoms with Crippen LogP contribution in [0.4, 0.5) is 0 Å². The Morgan fingerprint density at radius 1 is 1.13 bits per heavy atom. The van der Waals surface area contributed by atoms with E-state index in [9.17, 15) is 14.4 Å². The van der Waals surface area contributed by atoms with Crippen molar-refractivity contribution in [3.63, 3.8) is 0 Å². The third-order valence-corrected chi connectivity index (χ3v) is 1.48. The Labute approximate surface area is 86.8 Å². The fourth-order valence-electron chi connectivity index (χ4n) is 0.860. The van der Waals surface area contributed by atoms with E-state index in [1.807, 2.05) is 0 Å². The summed E-state index contributed by atoms with van der Waals surface area (Å²) in [5, 5.41) is 17.0. The number of hydrogen-bond acceptors (Lipinski definition) is 4. The molecule has 0 aliphatic carbocycles. The van der Waals surface area contributed by atoms with Crippen LogP contribution in [-0.4, -0.2) is 46.9 Å². The molecule has 0 aliphatic rings. The summed E-state index contributed by atoms with van der Waals surface area (Å²) in [7, 11) is 3.15. The highest BCUT2D eigenvalue weighted by molar-refractivity contribution is 6.16. The lowest BCUT2D eigenvalue weighted by molar-refractivity contribution is -0.139. The van der Waals surface area contributed by atoms with E-state index in [0.717, 1.165) is 6.20 Å². The topological polar surface area (TPSA) is 94.9 Å². The van der Waals surface area contributed by atoms with Gasteiger partial charge in [-0.2, -0.15) is 0 Å². The Kier molecular flexibility index (Phi) is 5.08. The van der Waals surface area contributed by atoms with Crippen molar-refractivity contribution in [3.05, 3.63) is 11.8 Å². The van der Waals surface area contributed by atoms with Crippen molar-refractivity contribution >= 4 is 17.7 Å². The minimum atomic E-state index is -1.35. The molecule has 2 N–H and O–H groups in total. The molecule has 84 valence electrons. The van der Waals surface area contributed by atoms with Crippen LogP contribution >= 0.6 is 0 Å². The number of hydrogen-bond donors (Lipinski definition) is 2. The summed E-state index contributed by atoms with van der Waals surface area (Å²) in [5.74, 6) is -3.16. The molecule has 0 unspecified atom stereocenters. The average molecular weight is 215 g/mol. The Hall–Kier alpha value is -1.85. The van der Waals surface area contributed by atoms with E-state index >= 15 is 0 Å². The summed E-state index contributed by atoms with van der Waals surface area (Å²) in [5.41, 5.74) is -0.402. The quantitative estimate of drug-likeness (QED) is 0.366. The number of rotatable bonds is 6. The lowest BCUT2D eigenvalue weighted by Gasteiger charge is -2.07. The van der Waals surface area contributed by atoms with E-state index in [1.54, 1.807) is 14.1 Å². The lowest BCUT2D eigenvalue weighted by atomic mass is 10.1. The van der Waals surface area contributed by atoms with Crippen LogP contribution in [0.3, 0.4) is 0 Å². The van der Waals surface area contributed by atoms with Crippen molar-refractivity contribution in [3.8, 4) is 0 Å². The normalized spacial score (nSPS) is 10.9. The zero-order valence-electron chi connectivity index (χ0n) is 8.56. The molecule has 0 aliphatic heterocycles. The molecule has 0 spiro atoms. The minimum absolute atomic E-state index is 0.304. The zero-order valence-corrected chi connectivity index (χ0v) is 8.56. The van der Waals surface area contributed by atoms with E-state index in [2.05, 4.69) is 0 Å². The fraction of sp³-hybridized carbons (Fsp3) is 0.444. The average Bonchev–Trinajstić information content (AvgIpc) is 2.09. The van der Waals surface area contributed by atoms with Crippen molar-refractivity contribution in [1.29, 1.82) is 0 Å². The first kappa shape index (κ1) is 13.2. The standard InChI is InChI=1S/C9H13NO5/c1-10(2)5-6(9(14)15)7(11)3-4-8(12)13/h5H,3-4H2,1-2H3,(H,12,13)(H,14,15)/b6-5+. The number of carbonyl (C=O) groups excluding carboxylic acids is 1. The van der Waals surface area contributed by atoms with Gasteiger partial charge in [0.15, 0.2) is 5.78 Å². The number of carbonyl (C=O) groups is 3. The molecule has 6 nitrogen and oxygen atoms in total. The third-order valence-electron chi connectivity index (χ3n) is 1.48. The first-order valence-electron chi connectivity index (χ1n) is 4.21. The molecule has 0 amide bonds. The number of carboxylic acids is 2. The van der Waals surface area contributed by atoms with Crippen LogP contribution in [0, 0.1) is 0 Å². The number of aliphatic carboxylic acids is 2. The summed E-state index contributed by atoms with van der Waals surface area (Å²) < 4.78 is 0. The summed E-state index contributed by atoms with van der Waals surface area (Å²) in [4.78, 5) is 33.6. The highest BCUT2D eigenvalue weighted by Crippen LogP contribution is 2.04. The third kappa shape index (κ3) is 5.45. The molecule has 0 aromatic heterocycles. The van der Waals surface area contributed by atoms with Crippen molar-refractivity contribution in [2.75, 3.05) is 14.1 Å². The predicted octanol–water partition coefficient (Wildman–Crippen LogP) is -0.0496. The predicted molar refractivity (Wildman–Crippen MR) is 51.3 cm³/mol. The molecule has 0 fully saturated rings. The van der Waals surface area contributed by atoms with Gasteiger partial charge in [0.25, 0.3) is 0 Å². The maximum atomic E-state index is 11.3. The van der Waals surface area contributed by atoms with E-state index in [4.69, 9.17) is 10.2 Å². The van der Waals surface area contributed by atoms with Crippen molar-refractivity contribution in [2.45, 2.75) is 12.8 Å². The minimum Gasteiger partial charge on any atom is -0.481 e. The van der Waals surface area contributed by atoms with Gasteiger partial charge in [0, 0.05) is 26.7 Å². The van der Waals surface area contributed by atoms with E-state index < -0.39 is 23.3 Å². The summed E-state index contributed by atoms with van der Waals surface area (Å²) in [6.07, 6.45) is 0.491. The van der Waals surface area contributed by atoms with Crippen molar-refractivity contribution < 1.29 is 24.6 Å². The smallest absolute Gasteiger partial charge is 0.340 e. The van der Waals surface area contributed by atoms with Gasteiger partial charge in [-0.3, -0.25) is 9.59 Å². The second-order valence-electron chi connectivity index (χ2n) is 3.13.